The second-order valence-electron chi connectivity index (χ2n) is 5.49. The number of carboxylic acids is 1. The van der Waals surface area contributed by atoms with E-state index in [0.717, 1.165) is 0 Å². The Morgan fingerprint density at radius 1 is 1.00 bits per heavy atom. The van der Waals surface area contributed by atoms with Crippen molar-refractivity contribution >= 4 is 27.9 Å². The third kappa shape index (κ3) is 2.44. The fraction of sp³-hybridized carbons (Fsp3) is 0.0526. The molecule has 0 spiro atoms. The summed E-state index contributed by atoms with van der Waals surface area (Å²) in [6, 6.07) is 12.9. The first-order valence-electron chi connectivity index (χ1n) is 7.45. The van der Waals surface area contributed by atoms with E-state index in [0.29, 0.717) is 39.0 Å². The molecule has 6 heteroatoms. The Labute approximate surface area is 140 Å². The predicted molar refractivity (Wildman–Crippen MR) is 91.2 cm³/mol. The molecule has 0 fully saturated rings. The topological polar surface area (TPSA) is 89.9 Å². The second-order valence-corrected chi connectivity index (χ2v) is 5.49. The van der Waals surface area contributed by atoms with E-state index in [1.807, 2.05) is 0 Å². The molecule has 2 aromatic carbocycles. The molecule has 0 aliphatic rings. The molecule has 0 aliphatic heterocycles. The van der Waals surface area contributed by atoms with E-state index in [1.165, 1.54) is 12.1 Å². The molecule has 0 saturated carbocycles. The van der Waals surface area contributed by atoms with Crippen LogP contribution < -0.4 is 10.4 Å². The van der Waals surface area contributed by atoms with E-state index < -0.39 is 11.6 Å². The molecule has 2 aromatic heterocycles. The van der Waals surface area contributed by atoms with Crippen LogP contribution in [0.2, 0.25) is 0 Å². The first kappa shape index (κ1) is 15.0. The van der Waals surface area contributed by atoms with Crippen LogP contribution in [0.3, 0.4) is 0 Å². The molecule has 0 unspecified atom stereocenters. The van der Waals surface area contributed by atoms with E-state index >= 15 is 0 Å². The van der Waals surface area contributed by atoms with Crippen molar-refractivity contribution in [3.8, 4) is 17.1 Å². The molecule has 0 atom stereocenters. The molecule has 0 aliphatic carbocycles. The van der Waals surface area contributed by atoms with Gasteiger partial charge in [0.2, 0.25) is 0 Å². The summed E-state index contributed by atoms with van der Waals surface area (Å²) in [5.74, 6) is 0.0656. The molecule has 0 saturated heterocycles. The van der Waals surface area contributed by atoms with Gasteiger partial charge in [0.1, 0.15) is 22.5 Å². The van der Waals surface area contributed by atoms with Crippen LogP contribution in [0.25, 0.3) is 33.3 Å². The lowest BCUT2D eigenvalue weighted by Crippen LogP contribution is -1.97. The number of rotatable bonds is 3. The van der Waals surface area contributed by atoms with Crippen LogP contribution in [0, 0.1) is 0 Å². The smallest absolute Gasteiger partial charge is 0.347 e. The predicted octanol–water partition coefficient (Wildman–Crippen LogP) is 3.91. The standard InChI is InChI=1S/C19H12O6/c1-23-12-6-7-15-13(8-12)17-14(19(22)25-15)9-16(24-17)10-2-4-11(5-3-10)18(20)21/h2-9H,1H3,(H,20,21). The third-order valence-electron chi connectivity index (χ3n) is 4.00. The molecule has 25 heavy (non-hydrogen) atoms. The lowest BCUT2D eigenvalue weighted by molar-refractivity contribution is 0.0697. The van der Waals surface area contributed by atoms with Gasteiger partial charge in [0.25, 0.3) is 0 Å². The van der Waals surface area contributed by atoms with Crippen molar-refractivity contribution in [3.05, 3.63) is 64.5 Å². The maximum Gasteiger partial charge on any atom is 0.347 e. The van der Waals surface area contributed by atoms with Gasteiger partial charge >= 0.3 is 11.6 Å². The number of aromatic carboxylic acids is 1. The van der Waals surface area contributed by atoms with Crippen molar-refractivity contribution in [1.82, 2.24) is 0 Å². The molecule has 2 heterocycles. The number of furan rings is 1. The Hall–Kier alpha value is -3.54. The summed E-state index contributed by atoms with van der Waals surface area (Å²) in [6.45, 7) is 0. The van der Waals surface area contributed by atoms with Crippen molar-refractivity contribution < 1.29 is 23.5 Å². The average molecular weight is 336 g/mol. The number of ether oxygens (including phenoxy) is 1. The summed E-state index contributed by atoms with van der Waals surface area (Å²) in [4.78, 5) is 23.2. The number of benzene rings is 2. The highest BCUT2D eigenvalue weighted by atomic mass is 16.5. The summed E-state index contributed by atoms with van der Waals surface area (Å²) in [5.41, 5.74) is 1.15. The largest absolute Gasteiger partial charge is 0.497 e. The van der Waals surface area contributed by atoms with E-state index in [2.05, 4.69) is 0 Å². The van der Waals surface area contributed by atoms with Crippen LogP contribution in [-0.2, 0) is 0 Å². The minimum Gasteiger partial charge on any atom is -0.497 e. The number of carboxylic acid groups (broad SMARTS) is 1. The van der Waals surface area contributed by atoms with Crippen molar-refractivity contribution in [2.45, 2.75) is 0 Å². The fourth-order valence-corrected chi connectivity index (χ4v) is 2.72. The number of hydrogen-bond acceptors (Lipinski definition) is 5. The van der Waals surface area contributed by atoms with Crippen molar-refractivity contribution in [2.24, 2.45) is 0 Å². The maximum absolute atomic E-state index is 12.2. The molecule has 124 valence electrons. The molecule has 6 nitrogen and oxygen atoms in total. The van der Waals surface area contributed by atoms with Crippen molar-refractivity contribution in [2.75, 3.05) is 7.11 Å². The van der Waals surface area contributed by atoms with Crippen molar-refractivity contribution in [3.63, 3.8) is 0 Å². The number of methoxy groups -OCH3 is 1. The second kappa shape index (κ2) is 5.52. The Balaban J connectivity index is 1.94. The van der Waals surface area contributed by atoms with Gasteiger partial charge in [-0.05, 0) is 36.4 Å². The van der Waals surface area contributed by atoms with E-state index in [1.54, 1.807) is 43.5 Å². The SMILES string of the molecule is COc1ccc2oc(=O)c3cc(-c4ccc(C(=O)O)cc4)oc3c2c1. The van der Waals surface area contributed by atoms with Crippen molar-refractivity contribution in [1.29, 1.82) is 0 Å². The fourth-order valence-electron chi connectivity index (χ4n) is 2.72. The Morgan fingerprint density at radius 3 is 2.44 bits per heavy atom. The molecule has 4 aromatic rings. The van der Waals surface area contributed by atoms with Crippen LogP contribution in [0.4, 0.5) is 0 Å². The number of fused-ring (bicyclic) bond motifs is 3. The van der Waals surface area contributed by atoms with E-state index in [9.17, 15) is 9.59 Å². The highest BCUT2D eigenvalue weighted by molar-refractivity contribution is 6.02. The quantitative estimate of drug-likeness (QED) is 0.570. The average Bonchev–Trinajstić information content (AvgIpc) is 3.08. The Bertz CT molecular complexity index is 1160. The van der Waals surface area contributed by atoms with Crippen LogP contribution in [0.15, 0.2) is 62.2 Å². The first-order valence-corrected chi connectivity index (χ1v) is 7.45. The lowest BCUT2D eigenvalue weighted by Gasteiger charge is -2.01. The minimum atomic E-state index is -1.00. The van der Waals surface area contributed by atoms with Gasteiger partial charge in [-0.25, -0.2) is 9.59 Å². The van der Waals surface area contributed by atoms with Crippen LogP contribution in [-0.4, -0.2) is 18.2 Å². The molecule has 4 rings (SSSR count). The van der Waals surface area contributed by atoms with Gasteiger partial charge in [-0.1, -0.05) is 12.1 Å². The number of carbonyl (C=O) groups is 1. The first-order chi connectivity index (χ1) is 12.1. The summed E-state index contributed by atoms with van der Waals surface area (Å²) < 4.78 is 16.4. The van der Waals surface area contributed by atoms with Gasteiger partial charge in [0.05, 0.1) is 18.1 Å². The van der Waals surface area contributed by atoms with Gasteiger partial charge in [0.15, 0.2) is 5.58 Å². The number of hydrogen-bond donors (Lipinski definition) is 1. The normalized spacial score (nSPS) is 11.1. The van der Waals surface area contributed by atoms with Gasteiger partial charge in [-0.3, -0.25) is 0 Å². The van der Waals surface area contributed by atoms with E-state index in [4.69, 9.17) is 18.7 Å². The summed E-state index contributed by atoms with van der Waals surface area (Å²) in [7, 11) is 1.55. The lowest BCUT2D eigenvalue weighted by atomic mass is 10.1. The zero-order chi connectivity index (χ0) is 17.6. The zero-order valence-electron chi connectivity index (χ0n) is 13.1. The molecular formula is C19H12O6. The molecule has 0 bridgehead atoms. The van der Waals surface area contributed by atoms with Gasteiger partial charge < -0.3 is 18.7 Å². The van der Waals surface area contributed by atoms with Gasteiger partial charge in [-0.2, -0.15) is 0 Å². The Morgan fingerprint density at radius 2 is 1.76 bits per heavy atom. The van der Waals surface area contributed by atoms with Crippen LogP contribution in [0.1, 0.15) is 10.4 Å². The van der Waals surface area contributed by atoms with Gasteiger partial charge in [0, 0.05) is 5.56 Å². The van der Waals surface area contributed by atoms with E-state index in [-0.39, 0.29) is 5.56 Å². The monoisotopic (exact) mass is 336 g/mol. The summed E-state index contributed by atoms with van der Waals surface area (Å²) >= 11 is 0. The minimum absolute atomic E-state index is 0.176. The summed E-state index contributed by atoms with van der Waals surface area (Å²) in [6.07, 6.45) is 0. The summed E-state index contributed by atoms with van der Waals surface area (Å²) in [5, 5.41) is 9.92. The maximum atomic E-state index is 12.2. The molecule has 0 radical (unpaired) electrons. The Kier molecular flexibility index (Phi) is 3.32. The molecule has 0 amide bonds. The highest BCUT2D eigenvalue weighted by Crippen LogP contribution is 2.32. The zero-order valence-corrected chi connectivity index (χ0v) is 13.1. The third-order valence-corrected chi connectivity index (χ3v) is 4.00. The highest BCUT2D eigenvalue weighted by Gasteiger charge is 2.15. The molecule has 1 N–H and O–H groups in total. The van der Waals surface area contributed by atoms with Crippen LogP contribution in [0.5, 0.6) is 5.75 Å². The van der Waals surface area contributed by atoms with Crippen LogP contribution >= 0.6 is 0 Å². The van der Waals surface area contributed by atoms with Gasteiger partial charge in [-0.15, -0.1) is 0 Å². The molecular weight excluding hydrogens is 324 g/mol.